The van der Waals surface area contributed by atoms with Gasteiger partial charge in [-0.3, -0.25) is 19.1 Å². The molecule has 0 aliphatic heterocycles. The number of esters is 1. The first-order valence-corrected chi connectivity index (χ1v) is 10.2. The summed E-state index contributed by atoms with van der Waals surface area (Å²) in [6.07, 6.45) is -0.246. The number of para-hydroxylation sites is 1. The average molecular weight is 413 g/mol. The van der Waals surface area contributed by atoms with Crippen LogP contribution in [0.4, 0.5) is 5.69 Å². The zero-order valence-electron chi connectivity index (χ0n) is 16.5. The maximum Gasteiger partial charge on any atom is 0.306 e. The highest BCUT2D eigenvalue weighted by molar-refractivity contribution is 7.07. The number of rotatable bonds is 7. The second-order valence-electron chi connectivity index (χ2n) is 6.69. The number of anilines is 1. The molecule has 2 heterocycles. The van der Waals surface area contributed by atoms with E-state index >= 15 is 0 Å². The van der Waals surface area contributed by atoms with Gasteiger partial charge in [-0.25, -0.2) is 4.68 Å². The fraction of sp³-hybridized carbons (Fsp3) is 0.286. The van der Waals surface area contributed by atoms with E-state index in [0.717, 1.165) is 5.56 Å². The van der Waals surface area contributed by atoms with Gasteiger partial charge >= 0.3 is 5.97 Å². The van der Waals surface area contributed by atoms with Gasteiger partial charge in [-0.15, -0.1) is 0 Å². The van der Waals surface area contributed by atoms with Crippen molar-refractivity contribution in [2.45, 2.75) is 32.8 Å². The van der Waals surface area contributed by atoms with E-state index in [-0.39, 0.29) is 17.7 Å². The Hall–Kier alpha value is -3.13. The van der Waals surface area contributed by atoms with Crippen molar-refractivity contribution in [2.75, 3.05) is 5.32 Å². The molecule has 7 nitrogen and oxygen atoms in total. The number of nitrogens with zero attached hydrogens (tertiary/aromatic N) is 2. The summed E-state index contributed by atoms with van der Waals surface area (Å²) in [5, 5.41) is 6.53. The molecule has 1 amide bonds. The van der Waals surface area contributed by atoms with Crippen LogP contribution in [0.25, 0.3) is 5.69 Å². The van der Waals surface area contributed by atoms with E-state index < -0.39 is 18.0 Å². The highest BCUT2D eigenvalue weighted by atomic mass is 32.1. The van der Waals surface area contributed by atoms with Crippen molar-refractivity contribution in [3.05, 3.63) is 68.8 Å². The number of thiophene rings is 1. The van der Waals surface area contributed by atoms with Crippen LogP contribution in [-0.2, 0) is 27.8 Å². The van der Waals surface area contributed by atoms with Gasteiger partial charge in [0.15, 0.2) is 6.10 Å². The van der Waals surface area contributed by atoms with Gasteiger partial charge in [0.25, 0.3) is 11.5 Å². The summed E-state index contributed by atoms with van der Waals surface area (Å²) < 4.78 is 8.37. The summed E-state index contributed by atoms with van der Waals surface area (Å²) in [6.45, 7) is 3.24. The number of aryl methyl sites for hydroxylation is 1. The lowest BCUT2D eigenvalue weighted by Gasteiger charge is -2.13. The normalized spacial score (nSPS) is 11.8. The van der Waals surface area contributed by atoms with Gasteiger partial charge in [-0.05, 0) is 54.8 Å². The first-order chi connectivity index (χ1) is 13.9. The highest BCUT2D eigenvalue weighted by Gasteiger charge is 2.23. The van der Waals surface area contributed by atoms with E-state index in [1.807, 2.05) is 47.2 Å². The number of carbonyl (C=O) groups is 2. The van der Waals surface area contributed by atoms with Crippen molar-refractivity contribution in [2.24, 2.45) is 7.05 Å². The Morgan fingerprint density at radius 2 is 1.93 bits per heavy atom. The molecular formula is C21H23N3O4S. The van der Waals surface area contributed by atoms with Crippen molar-refractivity contribution in [1.29, 1.82) is 0 Å². The Labute approximate surface area is 172 Å². The molecule has 1 aromatic carbocycles. The molecule has 0 spiro atoms. The Morgan fingerprint density at radius 3 is 2.59 bits per heavy atom. The fourth-order valence-electron chi connectivity index (χ4n) is 2.93. The van der Waals surface area contributed by atoms with Crippen molar-refractivity contribution >= 4 is 28.9 Å². The molecule has 0 saturated heterocycles. The zero-order valence-corrected chi connectivity index (χ0v) is 17.4. The summed E-state index contributed by atoms with van der Waals surface area (Å²) in [4.78, 5) is 37.4. The molecule has 8 heteroatoms. The molecule has 0 bridgehead atoms. The molecular weight excluding hydrogens is 390 g/mol. The molecule has 3 rings (SSSR count). The second-order valence-corrected chi connectivity index (χ2v) is 7.47. The minimum Gasteiger partial charge on any atom is -0.453 e. The number of amides is 1. The van der Waals surface area contributed by atoms with Crippen molar-refractivity contribution in [1.82, 2.24) is 9.36 Å². The number of hydrogen-bond donors (Lipinski definition) is 1. The standard InChI is InChI=1S/C21H23N3O4S/c1-14-19(21(27)24(23(14)3)17-7-5-4-6-8-17)22-20(26)15(2)28-18(25)10-9-16-11-12-29-13-16/h4-8,11-13,15H,9-10H2,1-3H3,(H,22,26)/t15-/m1/s1. The van der Waals surface area contributed by atoms with Crippen molar-refractivity contribution in [3.63, 3.8) is 0 Å². The topological polar surface area (TPSA) is 82.3 Å². The molecule has 1 atom stereocenters. The van der Waals surface area contributed by atoms with Gasteiger partial charge < -0.3 is 10.1 Å². The largest absolute Gasteiger partial charge is 0.453 e. The lowest BCUT2D eigenvalue weighted by Crippen LogP contribution is -2.32. The molecule has 3 aromatic rings. The van der Waals surface area contributed by atoms with Crippen LogP contribution < -0.4 is 10.9 Å². The third-order valence-corrected chi connectivity index (χ3v) is 5.41. The van der Waals surface area contributed by atoms with Crippen LogP contribution >= 0.6 is 11.3 Å². The van der Waals surface area contributed by atoms with Gasteiger partial charge in [-0.1, -0.05) is 18.2 Å². The summed E-state index contributed by atoms with van der Waals surface area (Å²) in [5.74, 6) is -0.995. The number of aromatic nitrogens is 2. The number of benzene rings is 1. The molecule has 1 N–H and O–H groups in total. The van der Waals surface area contributed by atoms with Crippen molar-refractivity contribution in [3.8, 4) is 5.69 Å². The minimum absolute atomic E-state index is 0.169. The summed E-state index contributed by atoms with van der Waals surface area (Å²) in [5.41, 5.74) is 2.17. The van der Waals surface area contributed by atoms with E-state index in [9.17, 15) is 14.4 Å². The van der Waals surface area contributed by atoms with Crippen LogP contribution in [0, 0.1) is 6.92 Å². The first-order valence-electron chi connectivity index (χ1n) is 9.24. The van der Waals surface area contributed by atoms with Crippen LogP contribution in [0.1, 0.15) is 24.6 Å². The summed E-state index contributed by atoms with van der Waals surface area (Å²) in [7, 11) is 1.74. The SMILES string of the molecule is Cc1c(NC(=O)[C@@H](C)OC(=O)CCc2ccsc2)c(=O)n(-c2ccccc2)n1C. The molecule has 0 saturated carbocycles. The minimum atomic E-state index is -1.01. The second kappa shape index (κ2) is 8.91. The van der Waals surface area contributed by atoms with Gasteiger partial charge in [0.1, 0.15) is 5.69 Å². The molecule has 0 fully saturated rings. The fourth-order valence-corrected chi connectivity index (χ4v) is 3.63. The quantitative estimate of drug-likeness (QED) is 0.604. The Morgan fingerprint density at radius 1 is 1.21 bits per heavy atom. The van der Waals surface area contributed by atoms with Crippen LogP contribution in [0.2, 0.25) is 0 Å². The van der Waals surface area contributed by atoms with E-state index in [1.165, 1.54) is 11.6 Å². The molecule has 0 aliphatic carbocycles. The maximum atomic E-state index is 12.8. The predicted molar refractivity (Wildman–Crippen MR) is 113 cm³/mol. The average Bonchev–Trinajstić information content (AvgIpc) is 3.30. The van der Waals surface area contributed by atoms with Crippen LogP contribution in [0.3, 0.4) is 0 Å². The van der Waals surface area contributed by atoms with Gasteiger partial charge in [-0.2, -0.15) is 11.3 Å². The van der Waals surface area contributed by atoms with E-state index in [0.29, 0.717) is 17.8 Å². The lowest BCUT2D eigenvalue weighted by molar-refractivity contribution is -0.153. The van der Waals surface area contributed by atoms with Gasteiger partial charge in [0.05, 0.1) is 11.4 Å². The van der Waals surface area contributed by atoms with Crippen LogP contribution in [0.15, 0.2) is 52.0 Å². The molecule has 2 aromatic heterocycles. The first kappa shape index (κ1) is 20.6. The Bertz CT molecular complexity index is 1050. The van der Waals surface area contributed by atoms with Crippen LogP contribution in [-0.4, -0.2) is 27.3 Å². The third kappa shape index (κ3) is 4.65. The third-order valence-electron chi connectivity index (χ3n) is 4.68. The number of carbonyl (C=O) groups excluding carboxylic acids is 2. The number of hydrogen-bond acceptors (Lipinski definition) is 5. The van der Waals surface area contributed by atoms with E-state index in [4.69, 9.17) is 4.74 Å². The van der Waals surface area contributed by atoms with E-state index in [2.05, 4.69) is 5.32 Å². The molecule has 0 radical (unpaired) electrons. The molecule has 152 valence electrons. The van der Waals surface area contributed by atoms with Gasteiger partial charge in [0.2, 0.25) is 0 Å². The summed E-state index contributed by atoms with van der Waals surface area (Å²) >= 11 is 1.57. The maximum absolute atomic E-state index is 12.8. The van der Waals surface area contributed by atoms with Gasteiger partial charge in [0, 0.05) is 13.5 Å². The monoisotopic (exact) mass is 413 g/mol. The van der Waals surface area contributed by atoms with E-state index in [1.54, 1.807) is 30.0 Å². The smallest absolute Gasteiger partial charge is 0.306 e. The van der Waals surface area contributed by atoms with Crippen LogP contribution in [0.5, 0.6) is 0 Å². The lowest BCUT2D eigenvalue weighted by atomic mass is 10.2. The number of ether oxygens (including phenoxy) is 1. The molecule has 29 heavy (non-hydrogen) atoms. The molecule has 0 unspecified atom stereocenters. The Kier molecular flexibility index (Phi) is 6.33. The Balaban J connectivity index is 1.67. The van der Waals surface area contributed by atoms with Crippen molar-refractivity contribution < 1.29 is 14.3 Å². The summed E-state index contributed by atoms with van der Waals surface area (Å²) in [6, 6.07) is 11.1. The predicted octanol–water partition coefficient (Wildman–Crippen LogP) is 3.05. The molecule has 0 aliphatic rings. The number of nitrogens with one attached hydrogen (secondary N) is 1. The highest BCUT2D eigenvalue weighted by Crippen LogP contribution is 2.15. The zero-order chi connectivity index (χ0) is 21.0.